The molecule has 27 heavy (non-hydrogen) atoms. The van der Waals surface area contributed by atoms with Crippen LogP contribution in [0.25, 0.3) is 10.8 Å². The van der Waals surface area contributed by atoms with E-state index in [1.807, 2.05) is 49.4 Å². The number of carbonyl (C=O) groups excluding carboxylic acids is 2. The van der Waals surface area contributed by atoms with Crippen molar-refractivity contribution < 1.29 is 9.59 Å². The number of anilines is 2. The predicted octanol–water partition coefficient (Wildman–Crippen LogP) is 4.03. The Labute approximate surface area is 158 Å². The molecule has 0 fully saturated rings. The van der Waals surface area contributed by atoms with Crippen LogP contribution >= 0.6 is 0 Å². The maximum absolute atomic E-state index is 12.2. The summed E-state index contributed by atoms with van der Waals surface area (Å²) in [4.78, 5) is 24.1. The molecule has 3 N–H and O–H groups in total. The summed E-state index contributed by atoms with van der Waals surface area (Å²) in [7, 11) is 0. The number of fused-ring (bicyclic) bond motifs is 1. The molecule has 0 saturated carbocycles. The van der Waals surface area contributed by atoms with E-state index >= 15 is 0 Å². The number of amides is 2. The molecule has 2 amide bonds. The molecule has 0 heterocycles. The van der Waals surface area contributed by atoms with Crippen LogP contribution < -0.4 is 16.0 Å². The number of hydrogen-bond donors (Lipinski definition) is 3. The summed E-state index contributed by atoms with van der Waals surface area (Å²) in [6.07, 6.45) is 0.892. The minimum atomic E-state index is -0.147. The van der Waals surface area contributed by atoms with Crippen LogP contribution in [0.15, 0.2) is 66.7 Å². The molecule has 3 aromatic carbocycles. The Kier molecular flexibility index (Phi) is 6.05. The molecule has 3 rings (SSSR count). The normalized spacial score (nSPS) is 10.4. The highest BCUT2D eigenvalue weighted by molar-refractivity contribution is 5.98. The van der Waals surface area contributed by atoms with E-state index in [1.165, 1.54) is 0 Å². The van der Waals surface area contributed by atoms with Gasteiger partial charge in [0, 0.05) is 28.9 Å². The Morgan fingerprint density at radius 3 is 2.41 bits per heavy atom. The highest BCUT2D eigenvalue weighted by Gasteiger charge is 2.07. The molecule has 0 saturated heterocycles. The zero-order chi connectivity index (χ0) is 19.1. The first-order valence-corrected chi connectivity index (χ1v) is 9.07. The molecule has 0 unspecified atom stereocenters. The molecule has 3 aromatic rings. The van der Waals surface area contributed by atoms with E-state index in [0.717, 1.165) is 22.9 Å². The third kappa shape index (κ3) is 4.85. The lowest BCUT2D eigenvalue weighted by atomic mass is 10.1. The lowest BCUT2D eigenvalue weighted by Gasteiger charge is -2.11. The largest absolute Gasteiger partial charge is 0.376 e. The first kappa shape index (κ1) is 18.5. The Balaban J connectivity index is 1.57. The van der Waals surface area contributed by atoms with Gasteiger partial charge in [-0.2, -0.15) is 0 Å². The first-order chi connectivity index (χ1) is 13.2. The van der Waals surface area contributed by atoms with Crippen LogP contribution in [0.3, 0.4) is 0 Å². The topological polar surface area (TPSA) is 70.2 Å². The van der Waals surface area contributed by atoms with Crippen molar-refractivity contribution in [3.63, 3.8) is 0 Å². The Bertz CT molecular complexity index is 930. The monoisotopic (exact) mass is 361 g/mol. The summed E-state index contributed by atoms with van der Waals surface area (Å²) < 4.78 is 0. The standard InChI is InChI=1S/C22H23N3O2/c1-2-14-23-22(27)17-10-12-18(13-11-17)25-21(26)15-24-20-9-5-7-16-6-3-4-8-19(16)20/h3-13,24H,2,14-15H2,1H3,(H,23,27)(H,25,26). The molecule has 0 spiro atoms. The van der Waals surface area contributed by atoms with Crippen molar-refractivity contribution in [2.45, 2.75) is 13.3 Å². The summed E-state index contributed by atoms with van der Waals surface area (Å²) >= 11 is 0. The van der Waals surface area contributed by atoms with Crippen molar-refractivity contribution in [3.8, 4) is 0 Å². The van der Waals surface area contributed by atoms with Crippen LogP contribution in [0.5, 0.6) is 0 Å². The molecule has 0 aliphatic carbocycles. The SMILES string of the molecule is CCCNC(=O)c1ccc(NC(=O)CNc2cccc3ccccc23)cc1. The average Bonchev–Trinajstić information content (AvgIpc) is 2.71. The van der Waals surface area contributed by atoms with Crippen molar-refractivity contribution in [1.29, 1.82) is 0 Å². The van der Waals surface area contributed by atoms with Crippen molar-refractivity contribution in [1.82, 2.24) is 5.32 Å². The summed E-state index contributed by atoms with van der Waals surface area (Å²) in [6, 6.07) is 20.9. The van der Waals surface area contributed by atoms with Gasteiger partial charge >= 0.3 is 0 Å². The van der Waals surface area contributed by atoms with E-state index in [-0.39, 0.29) is 18.4 Å². The van der Waals surface area contributed by atoms with Crippen LogP contribution in [0, 0.1) is 0 Å². The van der Waals surface area contributed by atoms with Crippen LogP contribution in [-0.2, 0) is 4.79 Å². The molecular weight excluding hydrogens is 338 g/mol. The van der Waals surface area contributed by atoms with Gasteiger partial charge in [-0.3, -0.25) is 9.59 Å². The highest BCUT2D eigenvalue weighted by Crippen LogP contribution is 2.22. The number of nitrogens with one attached hydrogen (secondary N) is 3. The number of carbonyl (C=O) groups is 2. The maximum atomic E-state index is 12.2. The molecule has 5 heteroatoms. The van der Waals surface area contributed by atoms with Gasteiger partial charge in [-0.1, -0.05) is 43.3 Å². The van der Waals surface area contributed by atoms with Crippen molar-refractivity contribution in [2.75, 3.05) is 23.7 Å². The number of rotatable bonds is 7. The zero-order valence-electron chi connectivity index (χ0n) is 15.3. The van der Waals surface area contributed by atoms with Gasteiger partial charge in [0.25, 0.3) is 5.91 Å². The number of hydrogen-bond acceptors (Lipinski definition) is 3. The Morgan fingerprint density at radius 1 is 0.889 bits per heavy atom. The highest BCUT2D eigenvalue weighted by atomic mass is 16.2. The zero-order valence-corrected chi connectivity index (χ0v) is 15.3. The fraction of sp³-hybridized carbons (Fsp3) is 0.182. The fourth-order valence-corrected chi connectivity index (χ4v) is 2.81. The minimum Gasteiger partial charge on any atom is -0.376 e. The quantitative estimate of drug-likeness (QED) is 0.595. The Hall–Kier alpha value is -3.34. The third-order valence-corrected chi connectivity index (χ3v) is 4.20. The predicted molar refractivity (Wildman–Crippen MR) is 110 cm³/mol. The maximum Gasteiger partial charge on any atom is 0.251 e. The molecule has 138 valence electrons. The third-order valence-electron chi connectivity index (χ3n) is 4.20. The molecule has 0 atom stereocenters. The minimum absolute atomic E-state index is 0.104. The van der Waals surface area contributed by atoms with Gasteiger partial charge in [0.05, 0.1) is 6.54 Å². The Morgan fingerprint density at radius 2 is 1.63 bits per heavy atom. The van der Waals surface area contributed by atoms with Gasteiger partial charge < -0.3 is 16.0 Å². The van der Waals surface area contributed by atoms with Crippen LogP contribution in [0.1, 0.15) is 23.7 Å². The van der Waals surface area contributed by atoms with E-state index in [0.29, 0.717) is 17.8 Å². The van der Waals surface area contributed by atoms with E-state index in [9.17, 15) is 9.59 Å². The molecule has 0 aliphatic rings. The van der Waals surface area contributed by atoms with E-state index in [2.05, 4.69) is 16.0 Å². The molecule has 5 nitrogen and oxygen atoms in total. The van der Waals surface area contributed by atoms with Crippen LogP contribution in [0.4, 0.5) is 11.4 Å². The molecule has 0 radical (unpaired) electrons. The van der Waals surface area contributed by atoms with Gasteiger partial charge in [-0.05, 0) is 42.1 Å². The van der Waals surface area contributed by atoms with Crippen LogP contribution in [0.2, 0.25) is 0 Å². The average molecular weight is 361 g/mol. The van der Waals surface area contributed by atoms with Gasteiger partial charge in [0.2, 0.25) is 5.91 Å². The van der Waals surface area contributed by atoms with Crippen LogP contribution in [-0.4, -0.2) is 24.9 Å². The fourth-order valence-electron chi connectivity index (χ4n) is 2.81. The second-order valence-corrected chi connectivity index (χ2v) is 6.26. The lowest BCUT2D eigenvalue weighted by molar-refractivity contribution is -0.114. The van der Waals surface area contributed by atoms with Crippen molar-refractivity contribution in [2.24, 2.45) is 0 Å². The number of benzene rings is 3. The summed E-state index contributed by atoms with van der Waals surface area (Å²) in [5, 5.41) is 11.1. The van der Waals surface area contributed by atoms with Gasteiger partial charge in [0.1, 0.15) is 0 Å². The second kappa shape index (κ2) is 8.85. The molecular formula is C22H23N3O2. The van der Waals surface area contributed by atoms with E-state index in [1.54, 1.807) is 24.3 Å². The first-order valence-electron chi connectivity index (χ1n) is 9.07. The van der Waals surface area contributed by atoms with E-state index in [4.69, 9.17) is 0 Å². The van der Waals surface area contributed by atoms with Gasteiger partial charge in [-0.15, -0.1) is 0 Å². The smallest absolute Gasteiger partial charge is 0.251 e. The van der Waals surface area contributed by atoms with Crippen molar-refractivity contribution >= 4 is 34.0 Å². The molecule has 0 aromatic heterocycles. The summed E-state index contributed by atoms with van der Waals surface area (Å²) in [6.45, 7) is 2.81. The lowest BCUT2D eigenvalue weighted by Crippen LogP contribution is -2.24. The van der Waals surface area contributed by atoms with Crippen molar-refractivity contribution in [3.05, 3.63) is 72.3 Å². The molecule has 0 bridgehead atoms. The van der Waals surface area contributed by atoms with E-state index < -0.39 is 0 Å². The summed E-state index contributed by atoms with van der Waals surface area (Å²) in [5.41, 5.74) is 2.16. The van der Waals surface area contributed by atoms with Gasteiger partial charge in [-0.25, -0.2) is 0 Å². The second-order valence-electron chi connectivity index (χ2n) is 6.26. The van der Waals surface area contributed by atoms with Gasteiger partial charge in [0.15, 0.2) is 0 Å². The summed E-state index contributed by atoms with van der Waals surface area (Å²) in [5.74, 6) is -0.251. The molecule has 0 aliphatic heterocycles.